The van der Waals surface area contributed by atoms with Crippen LogP contribution in [-0.4, -0.2) is 42.0 Å². The smallest absolute Gasteiger partial charge is 0.402 e. The molecule has 2 aliphatic rings. The summed E-state index contributed by atoms with van der Waals surface area (Å²) in [6.07, 6.45) is 0.694. The molecule has 1 saturated carbocycles. The van der Waals surface area contributed by atoms with Gasteiger partial charge in [-0.3, -0.25) is 9.35 Å². The number of rotatable bonds is 4. The van der Waals surface area contributed by atoms with Crippen LogP contribution >= 0.6 is 0 Å². The van der Waals surface area contributed by atoms with Gasteiger partial charge in [-0.15, -0.1) is 0 Å². The Kier molecular flexibility index (Phi) is 2.97. The van der Waals surface area contributed by atoms with Gasteiger partial charge < -0.3 is 9.47 Å². The Hall–Kier alpha value is -0.800. The lowest BCUT2D eigenvalue weighted by Gasteiger charge is -2.16. The summed E-state index contributed by atoms with van der Waals surface area (Å²) in [6, 6.07) is 0. The average Bonchev–Trinajstić information content (AvgIpc) is 2.63. The summed E-state index contributed by atoms with van der Waals surface area (Å²) >= 11 is 0. The molecule has 1 heterocycles. The summed E-state index contributed by atoms with van der Waals surface area (Å²) in [5, 5.41) is -4.49. The summed E-state index contributed by atoms with van der Waals surface area (Å²) < 4.78 is 64.4. The molecule has 0 aromatic carbocycles. The first-order chi connectivity index (χ1) is 8.40. The van der Waals surface area contributed by atoms with E-state index in [1.54, 1.807) is 0 Å². The first-order valence-electron chi connectivity index (χ1n) is 5.62. The lowest BCUT2D eigenvalue weighted by Crippen LogP contribution is -2.35. The highest BCUT2D eigenvalue weighted by Gasteiger charge is 2.70. The molecule has 2 atom stereocenters. The standard InChI is InChI=1S/C10H14F2O6S/c1-8-3-6(4-9(8,2)18-8)7(13)17-5-10(11,12)19(14,15)16/h6H,3-5H2,1-2H3,(H,14,15,16). The molecule has 2 unspecified atom stereocenters. The molecule has 0 bridgehead atoms. The third kappa shape index (κ3) is 2.34. The van der Waals surface area contributed by atoms with Crippen molar-refractivity contribution in [1.82, 2.24) is 0 Å². The van der Waals surface area contributed by atoms with Gasteiger partial charge in [0.05, 0.1) is 17.1 Å². The molecule has 19 heavy (non-hydrogen) atoms. The van der Waals surface area contributed by atoms with Crippen LogP contribution in [0.4, 0.5) is 8.78 Å². The summed E-state index contributed by atoms with van der Waals surface area (Å²) in [7, 11) is -5.58. The number of hydrogen-bond acceptors (Lipinski definition) is 5. The van der Waals surface area contributed by atoms with Crippen molar-refractivity contribution < 1.29 is 36.0 Å². The molecule has 1 aliphatic heterocycles. The van der Waals surface area contributed by atoms with Crippen LogP contribution in [0.15, 0.2) is 0 Å². The third-order valence-corrected chi connectivity index (χ3v) is 4.77. The van der Waals surface area contributed by atoms with Crippen LogP contribution < -0.4 is 0 Å². The van der Waals surface area contributed by atoms with Gasteiger partial charge in [0, 0.05) is 0 Å². The van der Waals surface area contributed by atoms with Crippen molar-refractivity contribution in [3.63, 3.8) is 0 Å². The van der Waals surface area contributed by atoms with E-state index in [4.69, 9.17) is 9.29 Å². The van der Waals surface area contributed by atoms with Crippen molar-refractivity contribution in [2.45, 2.75) is 43.1 Å². The summed E-state index contributed by atoms with van der Waals surface area (Å²) in [6.45, 7) is 1.94. The molecule has 1 aliphatic carbocycles. The fourth-order valence-electron chi connectivity index (χ4n) is 2.51. The predicted octanol–water partition coefficient (Wildman–Crippen LogP) is 0.968. The van der Waals surface area contributed by atoms with E-state index in [0.29, 0.717) is 12.8 Å². The number of carbonyl (C=O) groups is 1. The van der Waals surface area contributed by atoms with Gasteiger partial charge >= 0.3 is 21.3 Å². The van der Waals surface area contributed by atoms with Crippen LogP contribution in [0.2, 0.25) is 0 Å². The van der Waals surface area contributed by atoms with E-state index in [0.717, 1.165) is 0 Å². The molecule has 2 rings (SSSR count). The number of alkyl halides is 2. The zero-order valence-electron chi connectivity index (χ0n) is 10.4. The van der Waals surface area contributed by atoms with Crippen LogP contribution in [0.1, 0.15) is 26.7 Å². The largest absolute Gasteiger partial charge is 0.458 e. The minimum Gasteiger partial charge on any atom is -0.458 e. The second-order valence-corrected chi connectivity index (χ2v) is 6.94. The lowest BCUT2D eigenvalue weighted by atomic mass is 10.0. The van der Waals surface area contributed by atoms with E-state index in [9.17, 15) is 22.0 Å². The molecule has 0 spiro atoms. The second kappa shape index (κ2) is 3.86. The molecule has 0 amide bonds. The van der Waals surface area contributed by atoms with E-state index in [2.05, 4.69) is 4.74 Å². The summed E-state index contributed by atoms with van der Waals surface area (Å²) in [4.78, 5) is 11.6. The Morgan fingerprint density at radius 2 is 1.89 bits per heavy atom. The fraction of sp³-hybridized carbons (Fsp3) is 0.900. The number of carbonyl (C=O) groups excluding carboxylic acids is 1. The van der Waals surface area contributed by atoms with Gasteiger partial charge in [0.15, 0.2) is 6.61 Å². The van der Waals surface area contributed by atoms with Crippen LogP contribution in [0, 0.1) is 5.92 Å². The van der Waals surface area contributed by atoms with Crippen LogP contribution in [-0.2, 0) is 24.4 Å². The summed E-state index contributed by atoms with van der Waals surface area (Å²) in [5.41, 5.74) is -0.884. The predicted molar refractivity (Wildman–Crippen MR) is 58.1 cm³/mol. The lowest BCUT2D eigenvalue weighted by molar-refractivity contribution is -0.155. The van der Waals surface area contributed by atoms with Crippen molar-refractivity contribution in [1.29, 1.82) is 0 Å². The number of epoxide rings is 1. The first kappa shape index (κ1) is 14.6. The van der Waals surface area contributed by atoms with Crippen LogP contribution in [0.25, 0.3) is 0 Å². The van der Waals surface area contributed by atoms with Crippen molar-refractivity contribution in [2.24, 2.45) is 5.92 Å². The van der Waals surface area contributed by atoms with Crippen molar-refractivity contribution in [2.75, 3.05) is 6.61 Å². The van der Waals surface area contributed by atoms with Crippen molar-refractivity contribution in [3.8, 4) is 0 Å². The topological polar surface area (TPSA) is 93.2 Å². The number of esters is 1. The quantitative estimate of drug-likeness (QED) is 0.472. The highest BCUT2D eigenvalue weighted by molar-refractivity contribution is 7.86. The zero-order valence-corrected chi connectivity index (χ0v) is 11.2. The SMILES string of the molecule is CC12CC(C(=O)OCC(F)(F)S(=O)(=O)O)CC1(C)O2. The van der Waals surface area contributed by atoms with Gasteiger partial charge in [0.1, 0.15) is 0 Å². The second-order valence-electron chi connectivity index (χ2n) is 5.39. The molecule has 9 heteroatoms. The fourth-order valence-corrected chi connectivity index (χ4v) is 2.72. The average molecular weight is 300 g/mol. The molecular formula is C10H14F2O6S. The van der Waals surface area contributed by atoms with Crippen LogP contribution in [0.3, 0.4) is 0 Å². The number of halogens is 2. The van der Waals surface area contributed by atoms with E-state index in [1.165, 1.54) is 0 Å². The van der Waals surface area contributed by atoms with E-state index in [-0.39, 0.29) is 0 Å². The van der Waals surface area contributed by atoms with Gasteiger partial charge in [0.25, 0.3) is 0 Å². The number of fused-ring (bicyclic) bond motifs is 1. The Morgan fingerprint density at radius 3 is 2.32 bits per heavy atom. The maximum absolute atomic E-state index is 12.9. The highest BCUT2D eigenvalue weighted by Crippen LogP contribution is 2.61. The highest BCUT2D eigenvalue weighted by atomic mass is 32.2. The minimum absolute atomic E-state index is 0.347. The first-order valence-corrected chi connectivity index (χ1v) is 7.06. The molecule has 1 N–H and O–H groups in total. The van der Waals surface area contributed by atoms with E-state index < -0.39 is 45.1 Å². The monoisotopic (exact) mass is 300 g/mol. The van der Waals surface area contributed by atoms with Gasteiger partial charge in [0.2, 0.25) is 0 Å². The van der Waals surface area contributed by atoms with Crippen molar-refractivity contribution >= 4 is 16.1 Å². The van der Waals surface area contributed by atoms with Crippen LogP contribution in [0.5, 0.6) is 0 Å². The minimum atomic E-state index is -5.58. The van der Waals surface area contributed by atoms with E-state index >= 15 is 0 Å². The Morgan fingerprint density at radius 1 is 1.42 bits per heavy atom. The van der Waals surface area contributed by atoms with Crippen molar-refractivity contribution in [3.05, 3.63) is 0 Å². The number of ether oxygens (including phenoxy) is 2. The molecule has 6 nitrogen and oxygen atoms in total. The molecular weight excluding hydrogens is 286 g/mol. The van der Waals surface area contributed by atoms with Gasteiger partial charge in [-0.05, 0) is 26.7 Å². The Balaban J connectivity index is 1.91. The molecule has 2 fully saturated rings. The maximum Gasteiger partial charge on any atom is 0.402 e. The molecule has 110 valence electrons. The molecule has 0 aromatic rings. The normalized spacial score (nSPS) is 37.8. The Bertz CT molecular complexity index is 502. The Labute approximate surface area is 108 Å². The van der Waals surface area contributed by atoms with Gasteiger partial charge in [-0.2, -0.15) is 17.2 Å². The van der Waals surface area contributed by atoms with Gasteiger partial charge in [-0.25, -0.2) is 0 Å². The summed E-state index contributed by atoms with van der Waals surface area (Å²) in [5.74, 6) is -1.50. The van der Waals surface area contributed by atoms with E-state index in [1.807, 2.05) is 13.8 Å². The maximum atomic E-state index is 12.9. The third-order valence-electron chi connectivity index (χ3n) is 3.89. The zero-order chi connectivity index (χ0) is 14.7. The number of hydrogen-bond donors (Lipinski definition) is 1. The van der Waals surface area contributed by atoms with Gasteiger partial charge in [-0.1, -0.05) is 0 Å². The molecule has 0 aromatic heterocycles. The molecule has 0 radical (unpaired) electrons. The molecule has 1 saturated heterocycles.